The third-order valence-electron chi connectivity index (χ3n) is 5.37. The van der Waals surface area contributed by atoms with Crippen LogP contribution in [0, 0.1) is 6.92 Å². The third-order valence-corrected chi connectivity index (χ3v) is 5.37. The molecule has 1 amide bonds. The largest absolute Gasteiger partial charge is 0.497 e. The highest BCUT2D eigenvalue weighted by Crippen LogP contribution is 2.27. The average molecular weight is 382 g/mol. The summed E-state index contributed by atoms with van der Waals surface area (Å²) in [6.07, 6.45) is 0. The second kappa shape index (κ2) is 9.11. The Morgan fingerprint density at radius 3 is 2.36 bits per heavy atom. The Hall–Kier alpha value is -2.53. The van der Waals surface area contributed by atoms with E-state index in [1.54, 1.807) is 7.11 Å². The number of carbonyl (C=O) groups excluding carboxylic acids is 1. The van der Waals surface area contributed by atoms with Crippen LogP contribution in [-0.4, -0.2) is 50.6 Å². The van der Waals surface area contributed by atoms with Crippen molar-refractivity contribution in [2.24, 2.45) is 0 Å². The van der Waals surface area contributed by atoms with Gasteiger partial charge in [-0.05, 0) is 48.2 Å². The van der Waals surface area contributed by atoms with Crippen molar-refractivity contribution in [3.63, 3.8) is 0 Å². The van der Waals surface area contributed by atoms with Crippen LogP contribution in [-0.2, 0) is 4.79 Å². The van der Waals surface area contributed by atoms with Crippen LogP contribution in [0.2, 0.25) is 0 Å². The maximum Gasteiger partial charge on any atom is 0.238 e. The molecule has 0 bridgehead atoms. The second-order valence-corrected chi connectivity index (χ2v) is 7.70. The van der Waals surface area contributed by atoms with Crippen LogP contribution in [0.1, 0.15) is 30.9 Å². The van der Waals surface area contributed by atoms with Crippen LogP contribution < -0.4 is 15.0 Å². The van der Waals surface area contributed by atoms with Crippen molar-refractivity contribution in [2.75, 3.05) is 50.1 Å². The van der Waals surface area contributed by atoms with Crippen molar-refractivity contribution >= 4 is 17.3 Å². The number of hydrogen-bond acceptors (Lipinski definition) is 4. The molecule has 0 spiro atoms. The van der Waals surface area contributed by atoms with Gasteiger partial charge in [0, 0.05) is 37.6 Å². The highest BCUT2D eigenvalue weighted by Gasteiger charge is 2.20. The molecule has 2 aromatic carbocycles. The van der Waals surface area contributed by atoms with Crippen LogP contribution >= 0.6 is 0 Å². The molecule has 0 unspecified atom stereocenters. The smallest absolute Gasteiger partial charge is 0.238 e. The van der Waals surface area contributed by atoms with E-state index < -0.39 is 0 Å². The standard InChI is InChI=1S/C23H31N3O2/c1-17(2)21-7-5-6-18(3)23(21)24-22(27)16-25-12-14-26(15-13-25)19-8-10-20(28-4)11-9-19/h5-11,17H,12-16H2,1-4H3,(H,24,27). The van der Waals surface area contributed by atoms with Crippen LogP contribution in [0.3, 0.4) is 0 Å². The van der Waals surface area contributed by atoms with Gasteiger partial charge < -0.3 is 15.0 Å². The van der Waals surface area contributed by atoms with E-state index in [0.29, 0.717) is 12.5 Å². The molecule has 2 aromatic rings. The van der Waals surface area contributed by atoms with Crippen LogP contribution in [0.15, 0.2) is 42.5 Å². The van der Waals surface area contributed by atoms with Gasteiger partial charge in [-0.3, -0.25) is 9.69 Å². The quantitative estimate of drug-likeness (QED) is 0.825. The lowest BCUT2D eigenvalue weighted by atomic mass is 9.98. The summed E-state index contributed by atoms with van der Waals surface area (Å²) in [7, 11) is 1.68. The van der Waals surface area contributed by atoms with E-state index in [2.05, 4.69) is 66.2 Å². The van der Waals surface area contributed by atoms with Gasteiger partial charge in [-0.2, -0.15) is 0 Å². The molecular formula is C23H31N3O2. The maximum absolute atomic E-state index is 12.6. The molecule has 1 fully saturated rings. The lowest BCUT2D eigenvalue weighted by Gasteiger charge is -2.35. The summed E-state index contributed by atoms with van der Waals surface area (Å²) in [5.74, 6) is 1.31. The summed E-state index contributed by atoms with van der Waals surface area (Å²) in [5, 5.41) is 3.15. The van der Waals surface area contributed by atoms with E-state index in [9.17, 15) is 4.79 Å². The number of amides is 1. The Morgan fingerprint density at radius 2 is 1.75 bits per heavy atom. The van der Waals surface area contributed by atoms with E-state index in [0.717, 1.165) is 43.2 Å². The van der Waals surface area contributed by atoms with Crippen LogP contribution in [0.5, 0.6) is 5.75 Å². The molecule has 1 saturated heterocycles. The van der Waals surface area contributed by atoms with Crippen molar-refractivity contribution in [1.82, 2.24) is 4.90 Å². The minimum absolute atomic E-state index is 0.0640. The van der Waals surface area contributed by atoms with Crippen molar-refractivity contribution in [2.45, 2.75) is 26.7 Å². The summed E-state index contributed by atoms with van der Waals surface area (Å²) >= 11 is 0. The van der Waals surface area contributed by atoms with Gasteiger partial charge in [-0.1, -0.05) is 32.0 Å². The SMILES string of the molecule is COc1ccc(N2CCN(CC(=O)Nc3c(C)cccc3C(C)C)CC2)cc1. The number of para-hydroxylation sites is 1. The van der Waals surface area contributed by atoms with Crippen LogP contribution in [0.25, 0.3) is 0 Å². The first kappa shape index (κ1) is 20.2. The Balaban J connectivity index is 1.54. The number of piperazine rings is 1. The lowest BCUT2D eigenvalue weighted by molar-refractivity contribution is -0.117. The zero-order valence-electron chi connectivity index (χ0n) is 17.4. The monoisotopic (exact) mass is 381 g/mol. The lowest BCUT2D eigenvalue weighted by Crippen LogP contribution is -2.48. The number of nitrogens with zero attached hydrogens (tertiary/aromatic N) is 2. The van der Waals surface area contributed by atoms with Gasteiger partial charge in [0.1, 0.15) is 5.75 Å². The van der Waals surface area contributed by atoms with Crippen LogP contribution in [0.4, 0.5) is 11.4 Å². The number of carbonyl (C=O) groups is 1. The van der Waals surface area contributed by atoms with Gasteiger partial charge in [-0.25, -0.2) is 0 Å². The molecule has 28 heavy (non-hydrogen) atoms. The number of hydrogen-bond donors (Lipinski definition) is 1. The summed E-state index contributed by atoms with van der Waals surface area (Å²) in [6, 6.07) is 14.4. The molecule has 0 saturated carbocycles. The zero-order valence-corrected chi connectivity index (χ0v) is 17.4. The van der Waals surface area contributed by atoms with Crippen molar-refractivity contribution in [3.8, 4) is 5.75 Å². The predicted molar refractivity (Wildman–Crippen MR) is 116 cm³/mol. The molecule has 1 aliphatic rings. The van der Waals surface area contributed by atoms with Gasteiger partial charge in [0.25, 0.3) is 0 Å². The molecule has 3 rings (SSSR count). The molecule has 0 aromatic heterocycles. The second-order valence-electron chi connectivity index (χ2n) is 7.70. The molecule has 5 heteroatoms. The molecular weight excluding hydrogens is 350 g/mol. The Bertz CT molecular complexity index is 794. The maximum atomic E-state index is 12.6. The van der Waals surface area contributed by atoms with E-state index in [4.69, 9.17) is 4.74 Å². The van der Waals surface area contributed by atoms with E-state index >= 15 is 0 Å². The Kier molecular flexibility index (Phi) is 6.57. The number of rotatable bonds is 6. The minimum atomic E-state index is 0.0640. The van der Waals surface area contributed by atoms with Gasteiger partial charge in [0.05, 0.1) is 13.7 Å². The first-order valence-electron chi connectivity index (χ1n) is 9.98. The molecule has 1 N–H and O–H groups in total. The van der Waals surface area contributed by atoms with Crippen molar-refractivity contribution in [3.05, 3.63) is 53.6 Å². The van der Waals surface area contributed by atoms with Gasteiger partial charge in [0.15, 0.2) is 0 Å². The zero-order chi connectivity index (χ0) is 20.1. The normalized spacial score (nSPS) is 15.0. The summed E-state index contributed by atoms with van der Waals surface area (Å²) < 4.78 is 5.23. The summed E-state index contributed by atoms with van der Waals surface area (Å²) in [4.78, 5) is 17.2. The van der Waals surface area contributed by atoms with Gasteiger partial charge in [0.2, 0.25) is 5.91 Å². The highest BCUT2D eigenvalue weighted by atomic mass is 16.5. The van der Waals surface area contributed by atoms with Crippen molar-refractivity contribution in [1.29, 1.82) is 0 Å². The number of ether oxygens (including phenoxy) is 1. The molecule has 1 aliphatic heterocycles. The van der Waals surface area contributed by atoms with Crippen molar-refractivity contribution < 1.29 is 9.53 Å². The first-order valence-corrected chi connectivity index (χ1v) is 9.98. The summed E-state index contributed by atoms with van der Waals surface area (Å²) in [6.45, 7) is 10.4. The third kappa shape index (κ3) is 4.84. The highest BCUT2D eigenvalue weighted by molar-refractivity contribution is 5.94. The van der Waals surface area contributed by atoms with Gasteiger partial charge in [-0.15, -0.1) is 0 Å². The van der Waals surface area contributed by atoms with E-state index in [1.165, 1.54) is 11.3 Å². The molecule has 5 nitrogen and oxygen atoms in total. The molecule has 0 aliphatic carbocycles. The molecule has 1 heterocycles. The molecule has 150 valence electrons. The molecule has 0 atom stereocenters. The number of benzene rings is 2. The predicted octanol–water partition coefficient (Wildman–Crippen LogP) is 3.89. The Morgan fingerprint density at radius 1 is 1.07 bits per heavy atom. The fourth-order valence-electron chi connectivity index (χ4n) is 3.68. The van der Waals surface area contributed by atoms with Gasteiger partial charge >= 0.3 is 0 Å². The fourth-order valence-corrected chi connectivity index (χ4v) is 3.68. The average Bonchev–Trinajstić information content (AvgIpc) is 2.70. The number of anilines is 2. The number of methoxy groups -OCH3 is 1. The van der Waals surface area contributed by atoms with E-state index in [-0.39, 0.29) is 5.91 Å². The minimum Gasteiger partial charge on any atom is -0.497 e. The Labute approximate surface area is 168 Å². The number of nitrogens with one attached hydrogen (secondary N) is 1. The number of aryl methyl sites for hydroxylation is 1. The molecule has 0 radical (unpaired) electrons. The topological polar surface area (TPSA) is 44.8 Å². The fraction of sp³-hybridized carbons (Fsp3) is 0.435. The summed E-state index contributed by atoms with van der Waals surface area (Å²) in [5.41, 5.74) is 4.48. The van der Waals surface area contributed by atoms with E-state index in [1.807, 2.05) is 12.1 Å². The first-order chi connectivity index (χ1) is 13.5.